The third kappa shape index (κ3) is 3.75. The third-order valence-corrected chi connectivity index (χ3v) is 5.41. The molecule has 0 aliphatic heterocycles. The number of fused-ring (bicyclic) bond motifs is 1. The molecule has 0 bridgehead atoms. The molecule has 2 aromatic heterocycles. The number of carbonyl (C=O) groups is 1. The van der Waals surface area contributed by atoms with Gasteiger partial charge in [0.05, 0.1) is 30.5 Å². The van der Waals surface area contributed by atoms with Gasteiger partial charge in [0.2, 0.25) is 5.82 Å². The summed E-state index contributed by atoms with van der Waals surface area (Å²) < 4.78 is 27.8. The zero-order valence-corrected chi connectivity index (χ0v) is 17.8. The van der Waals surface area contributed by atoms with E-state index in [0.717, 1.165) is 0 Å². The Labute approximate surface area is 184 Å². The highest BCUT2D eigenvalue weighted by Crippen LogP contribution is 2.40. The zero-order valence-electron chi connectivity index (χ0n) is 17.0. The van der Waals surface area contributed by atoms with Crippen LogP contribution in [0.1, 0.15) is 34.2 Å². The van der Waals surface area contributed by atoms with Crippen LogP contribution < -0.4 is 4.74 Å². The molecule has 0 radical (unpaired) electrons. The molecule has 2 aromatic carbocycles. The molecule has 0 fully saturated rings. The van der Waals surface area contributed by atoms with Crippen molar-refractivity contribution in [2.24, 2.45) is 0 Å². The molecule has 158 valence electrons. The fourth-order valence-corrected chi connectivity index (χ4v) is 3.88. The van der Waals surface area contributed by atoms with Crippen molar-refractivity contribution < 1.29 is 18.7 Å². The predicted molar refractivity (Wildman–Crippen MR) is 117 cm³/mol. The van der Waals surface area contributed by atoms with E-state index in [1.165, 1.54) is 7.11 Å². The summed E-state index contributed by atoms with van der Waals surface area (Å²) in [5, 5.41) is -0.936. The highest BCUT2D eigenvalue weighted by molar-refractivity contribution is 6.23. The minimum absolute atomic E-state index is 0.0929. The number of pyridine rings is 1. The Hall–Kier alpha value is -3.38. The lowest BCUT2D eigenvalue weighted by Gasteiger charge is -2.16. The Kier molecular flexibility index (Phi) is 5.91. The molecule has 0 aliphatic rings. The summed E-state index contributed by atoms with van der Waals surface area (Å²) in [6, 6.07) is 17.7. The van der Waals surface area contributed by atoms with Gasteiger partial charge in [0, 0.05) is 11.8 Å². The van der Waals surface area contributed by atoms with E-state index in [9.17, 15) is 4.79 Å². The van der Waals surface area contributed by atoms with Crippen molar-refractivity contribution in [1.29, 1.82) is 0 Å². The lowest BCUT2D eigenvalue weighted by atomic mass is 9.98. The molecule has 31 heavy (non-hydrogen) atoms. The fourth-order valence-electron chi connectivity index (χ4n) is 3.55. The Morgan fingerprint density at radius 2 is 1.87 bits per heavy atom. The van der Waals surface area contributed by atoms with E-state index < -0.39 is 17.2 Å². The van der Waals surface area contributed by atoms with Gasteiger partial charge in [-0.1, -0.05) is 42.5 Å². The van der Waals surface area contributed by atoms with Gasteiger partial charge < -0.3 is 9.47 Å². The number of aromatic nitrogens is 2. The number of methoxy groups -OCH3 is 1. The minimum atomic E-state index is -0.936. The second kappa shape index (κ2) is 8.78. The number of carbonyl (C=O) groups excluding carboxylic acids is 1. The summed E-state index contributed by atoms with van der Waals surface area (Å²) in [6.45, 7) is 1.94. The lowest BCUT2D eigenvalue weighted by Crippen LogP contribution is -2.09. The summed E-state index contributed by atoms with van der Waals surface area (Å²) in [7, 11) is 1.49. The highest BCUT2D eigenvalue weighted by Gasteiger charge is 2.27. The Morgan fingerprint density at radius 1 is 1.13 bits per heavy atom. The third-order valence-electron chi connectivity index (χ3n) is 4.96. The number of ether oxygens (including phenoxy) is 2. The second-order valence-electron chi connectivity index (χ2n) is 6.77. The molecule has 0 aliphatic carbocycles. The topological polar surface area (TPSA) is 52.8 Å². The van der Waals surface area contributed by atoms with Crippen LogP contribution in [-0.4, -0.2) is 29.1 Å². The van der Waals surface area contributed by atoms with Crippen molar-refractivity contribution in [2.75, 3.05) is 13.7 Å². The summed E-state index contributed by atoms with van der Waals surface area (Å²) in [6.07, 6.45) is 1.70. The van der Waals surface area contributed by atoms with E-state index in [-0.39, 0.29) is 18.0 Å². The normalized spacial score (nSPS) is 12.0. The molecule has 0 saturated heterocycles. The number of hydrogen-bond acceptors (Lipinski definition) is 4. The summed E-state index contributed by atoms with van der Waals surface area (Å²) in [5.41, 5.74) is 2.20. The van der Waals surface area contributed by atoms with Crippen molar-refractivity contribution in [2.45, 2.75) is 12.3 Å². The van der Waals surface area contributed by atoms with Gasteiger partial charge in [-0.15, -0.1) is 11.6 Å². The molecule has 0 saturated carbocycles. The number of benzene rings is 2. The van der Waals surface area contributed by atoms with Crippen LogP contribution in [-0.2, 0) is 4.74 Å². The Morgan fingerprint density at radius 3 is 2.58 bits per heavy atom. The average molecular weight is 439 g/mol. The van der Waals surface area contributed by atoms with E-state index in [4.69, 9.17) is 21.1 Å². The van der Waals surface area contributed by atoms with E-state index in [1.807, 2.05) is 18.2 Å². The molecule has 0 amide bonds. The first-order valence-corrected chi connectivity index (χ1v) is 10.2. The average Bonchev–Trinajstić information content (AvgIpc) is 3.19. The molecule has 0 spiro atoms. The molecule has 4 aromatic rings. The summed E-state index contributed by atoms with van der Waals surface area (Å²) in [5.74, 6) is -0.576. The van der Waals surface area contributed by atoms with E-state index in [1.54, 1.807) is 60.0 Å². The number of esters is 1. The van der Waals surface area contributed by atoms with Crippen molar-refractivity contribution >= 4 is 23.1 Å². The van der Waals surface area contributed by atoms with Crippen LogP contribution >= 0.6 is 11.6 Å². The van der Waals surface area contributed by atoms with Gasteiger partial charge in [-0.3, -0.25) is 4.40 Å². The minimum Gasteiger partial charge on any atom is -0.496 e. The van der Waals surface area contributed by atoms with Crippen molar-refractivity contribution in [1.82, 2.24) is 9.38 Å². The van der Waals surface area contributed by atoms with E-state index in [2.05, 4.69) is 4.98 Å². The first-order valence-electron chi connectivity index (χ1n) is 9.76. The number of halogens is 2. The largest absolute Gasteiger partial charge is 0.496 e. The van der Waals surface area contributed by atoms with E-state index in [0.29, 0.717) is 28.1 Å². The zero-order chi connectivity index (χ0) is 22.0. The fraction of sp³-hybridized carbons (Fsp3) is 0.167. The number of rotatable bonds is 6. The van der Waals surface area contributed by atoms with Gasteiger partial charge in [0.15, 0.2) is 0 Å². The van der Waals surface area contributed by atoms with Crippen LogP contribution in [0.25, 0.3) is 16.6 Å². The van der Waals surface area contributed by atoms with Gasteiger partial charge in [-0.25, -0.2) is 14.2 Å². The van der Waals surface area contributed by atoms with Crippen LogP contribution in [0.15, 0.2) is 66.9 Å². The lowest BCUT2D eigenvalue weighted by molar-refractivity contribution is 0.0511. The van der Waals surface area contributed by atoms with Gasteiger partial charge >= 0.3 is 5.97 Å². The molecule has 2 heterocycles. The van der Waals surface area contributed by atoms with Crippen LogP contribution in [0.4, 0.5) is 4.39 Å². The van der Waals surface area contributed by atoms with Crippen molar-refractivity contribution in [3.8, 4) is 16.9 Å². The molecule has 1 atom stereocenters. The summed E-state index contributed by atoms with van der Waals surface area (Å²) in [4.78, 5) is 16.8. The Bertz CT molecular complexity index is 1240. The molecule has 5 nitrogen and oxygen atoms in total. The van der Waals surface area contributed by atoms with Crippen molar-refractivity contribution in [3.05, 3.63) is 89.8 Å². The second-order valence-corrected chi connectivity index (χ2v) is 7.21. The number of hydrogen-bond donors (Lipinski definition) is 0. The molecule has 0 N–H and O–H groups in total. The molecular weight excluding hydrogens is 419 g/mol. The summed E-state index contributed by atoms with van der Waals surface area (Å²) >= 11 is 6.76. The van der Waals surface area contributed by atoms with Crippen molar-refractivity contribution in [3.63, 3.8) is 0 Å². The monoisotopic (exact) mass is 438 g/mol. The van der Waals surface area contributed by atoms with Gasteiger partial charge in [0.25, 0.3) is 0 Å². The molecule has 7 heteroatoms. The van der Waals surface area contributed by atoms with Crippen LogP contribution in [0.5, 0.6) is 5.75 Å². The molecule has 4 rings (SSSR count). The van der Waals surface area contributed by atoms with Gasteiger partial charge in [-0.2, -0.15) is 0 Å². The van der Waals surface area contributed by atoms with Crippen LogP contribution in [0, 0.1) is 5.82 Å². The molecular formula is C24H20ClFN2O3. The maximum atomic E-state index is 15.7. The number of nitrogens with zero attached hydrogens (tertiary/aromatic N) is 2. The quantitative estimate of drug-likeness (QED) is 0.288. The van der Waals surface area contributed by atoms with Gasteiger partial charge in [-0.05, 0) is 30.7 Å². The first kappa shape index (κ1) is 20.9. The van der Waals surface area contributed by atoms with Crippen LogP contribution in [0.2, 0.25) is 0 Å². The molecule has 1 unspecified atom stereocenters. The SMILES string of the molecule is CCOC(=O)c1nc(C(Cl)c2ccc(OC)c(-c3ccccc3)c2F)c2ccccn12. The number of imidazole rings is 1. The van der Waals surface area contributed by atoms with Gasteiger partial charge in [0.1, 0.15) is 16.9 Å². The Balaban J connectivity index is 1.87. The smallest absolute Gasteiger partial charge is 0.374 e. The number of alkyl halides is 1. The predicted octanol–water partition coefficient (Wildman–Crippen LogP) is 5.65. The first-order chi connectivity index (χ1) is 15.1. The maximum Gasteiger partial charge on any atom is 0.374 e. The van der Waals surface area contributed by atoms with E-state index >= 15 is 4.39 Å². The van der Waals surface area contributed by atoms with Crippen LogP contribution in [0.3, 0.4) is 0 Å². The highest BCUT2D eigenvalue weighted by atomic mass is 35.5. The maximum absolute atomic E-state index is 15.7. The standard InChI is InChI=1S/C24H20ClFN2O3/c1-3-31-24(29)23-27-22(17-11-7-8-14-28(17)23)20(25)16-12-13-18(30-2)19(21(16)26)15-9-5-4-6-10-15/h4-14,20H,3H2,1-2H3.